The van der Waals surface area contributed by atoms with Gasteiger partial charge in [0.2, 0.25) is 0 Å². The maximum absolute atomic E-state index is 6.60. The summed E-state index contributed by atoms with van der Waals surface area (Å²) >= 11 is 6.60. The van der Waals surface area contributed by atoms with E-state index >= 15 is 0 Å². The number of aromatic nitrogens is 3. The Balaban J connectivity index is 1.27. The van der Waals surface area contributed by atoms with Crippen LogP contribution in [0.3, 0.4) is 0 Å². The van der Waals surface area contributed by atoms with Gasteiger partial charge in [-0.3, -0.25) is 0 Å². The predicted molar refractivity (Wildman–Crippen MR) is 128 cm³/mol. The number of fused-ring (bicyclic) bond motifs is 2. The van der Waals surface area contributed by atoms with Gasteiger partial charge in [0.25, 0.3) is 6.01 Å². The zero-order chi connectivity index (χ0) is 22.5. The second-order valence-electron chi connectivity index (χ2n) is 8.78. The average Bonchev–Trinajstić information content (AvgIpc) is 3.50. The molecule has 2 aliphatic heterocycles. The molecule has 4 aromatic rings. The first-order chi connectivity index (χ1) is 16.0. The second kappa shape index (κ2) is 8.13. The van der Waals surface area contributed by atoms with Gasteiger partial charge in [-0.25, -0.2) is 4.98 Å². The Labute approximate surface area is 196 Å². The molecule has 4 heterocycles. The number of benzene rings is 2. The van der Waals surface area contributed by atoms with Gasteiger partial charge >= 0.3 is 0 Å². The third-order valence-corrected chi connectivity index (χ3v) is 6.73. The zero-order valence-corrected chi connectivity index (χ0v) is 19.2. The summed E-state index contributed by atoms with van der Waals surface area (Å²) in [6.45, 7) is 5.45. The highest BCUT2D eigenvalue weighted by molar-refractivity contribution is 6.33. The molecule has 0 radical (unpaired) electrons. The van der Waals surface area contributed by atoms with Gasteiger partial charge in [-0.15, -0.1) is 0 Å². The molecule has 2 fully saturated rings. The van der Waals surface area contributed by atoms with Crippen molar-refractivity contribution in [2.24, 2.45) is 0 Å². The van der Waals surface area contributed by atoms with Crippen molar-refractivity contribution in [1.29, 1.82) is 0 Å². The molecule has 168 valence electrons. The maximum Gasteiger partial charge on any atom is 0.296 e. The summed E-state index contributed by atoms with van der Waals surface area (Å²) in [5.74, 6) is 0. The summed E-state index contributed by atoms with van der Waals surface area (Å²) in [5, 5.41) is 0.556. The summed E-state index contributed by atoms with van der Waals surface area (Å²) in [6.07, 6.45) is 0.810. The fourth-order valence-corrected chi connectivity index (χ4v) is 5.03. The third kappa shape index (κ3) is 3.78. The molecule has 6 nitrogen and oxygen atoms in total. The lowest BCUT2D eigenvalue weighted by molar-refractivity contribution is 0.0273. The van der Waals surface area contributed by atoms with Gasteiger partial charge in [0.15, 0.2) is 11.8 Å². The van der Waals surface area contributed by atoms with Gasteiger partial charge in [0, 0.05) is 12.2 Å². The van der Waals surface area contributed by atoms with Gasteiger partial charge in [0.05, 0.1) is 28.9 Å². The lowest BCUT2D eigenvalue weighted by atomic mass is 9.97. The molecule has 2 aliphatic rings. The van der Waals surface area contributed by atoms with Crippen LogP contribution in [0.1, 0.15) is 17.5 Å². The van der Waals surface area contributed by atoms with E-state index in [0.717, 1.165) is 23.1 Å². The van der Waals surface area contributed by atoms with Crippen molar-refractivity contribution < 1.29 is 14.2 Å². The van der Waals surface area contributed by atoms with Crippen molar-refractivity contribution in [3.63, 3.8) is 0 Å². The van der Waals surface area contributed by atoms with Crippen LogP contribution in [-0.2, 0) is 9.47 Å². The molecule has 6 rings (SSSR count). The van der Waals surface area contributed by atoms with E-state index in [-0.39, 0.29) is 18.3 Å². The van der Waals surface area contributed by atoms with E-state index in [9.17, 15) is 0 Å². The number of nitrogens with one attached hydrogen (secondary N) is 1. The summed E-state index contributed by atoms with van der Waals surface area (Å²) in [5.41, 5.74) is 7.82. The smallest absolute Gasteiger partial charge is 0.296 e. The molecule has 1 N–H and O–H groups in total. The Bertz CT molecular complexity index is 1330. The minimum atomic E-state index is -0.175. The molecule has 2 aromatic heterocycles. The number of pyridine rings is 1. The van der Waals surface area contributed by atoms with Gasteiger partial charge in [-0.05, 0) is 43.0 Å². The molecule has 0 aliphatic carbocycles. The first-order valence-electron chi connectivity index (χ1n) is 11.2. The van der Waals surface area contributed by atoms with E-state index in [2.05, 4.69) is 54.1 Å². The van der Waals surface area contributed by atoms with Crippen LogP contribution >= 0.6 is 11.6 Å². The molecule has 2 aromatic carbocycles. The lowest BCUT2D eigenvalue weighted by Gasteiger charge is -2.15. The van der Waals surface area contributed by atoms with E-state index in [1.807, 2.05) is 18.2 Å². The lowest BCUT2D eigenvalue weighted by Crippen LogP contribution is -2.32. The van der Waals surface area contributed by atoms with Crippen LogP contribution < -0.4 is 4.74 Å². The summed E-state index contributed by atoms with van der Waals surface area (Å²) in [4.78, 5) is 12.4. The molecular formula is C26H24ClN3O3. The molecule has 3 atom stereocenters. The average molecular weight is 462 g/mol. The summed E-state index contributed by atoms with van der Waals surface area (Å²) < 4.78 is 17.6. The second-order valence-corrected chi connectivity index (χ2v) is 9.19. The van der Waals surface area contributed by atoms with Crippen LogP contribution in [0.4, 0.5) is 0 Å². The molecule has 7 heteroatoms. The fourth-order valence-electron chi connectivity index (χ4n) is 4.77. The highest BCUT2D eigenvalue weighted by Crippen LogP contribution is 2.33. The van der Waals surface area contributed by atoms with Crippen molar-refractivity contribution in [2.45, 2.75) is 38.6 Å². The van der Waals surface area contributed by atoms with Crippen molar-refractivity contribution in [3.8, 4) is 28.4 Å². The number of hydrogen-bond acceptors (Lipinski definition) is 5. The van der Waals surface area contributed by atoms with E-state index in [4.69, 9.17) is 30.8 Å². The minimum absolute atomic E-state index is 0.0407. The van der Waals surface area contributed by atoms with Crippen molar-refractivity contribution in [3.05, 3.63) is 64.7 Å². The summed E-state index contributed by atoms with van der Waals surface area (Å²) in [7, 11) is 0. The predicted octanol–water partition coefficient (Wildman–Crippen LogP) is 5.50. The SMILES string of the molecule is Cc1ccc(-c2ccc(-c3nc4nc(OC5CO[C@@H]6CCO[C@H]56)[nH]c4cc3Cl)cc2)c(C)c1. The molecule has 0 amide bonds. The molecule has 0 saturated carbocycles. The topological polar surface area (TPSA) is 69.3 Å². The molecule has 1 unspecified atom stereocenters. The first-order valence-corrected chi connectivity index (χ1v) is 11.6. The number of aryl methyl sites for hydroxylation is 2. The van der Waals surface area contributed by atoms with E-state index in [1.54, 1.807) is 0 Å². The quantitative estimate of drug-likeness (QED) is 0.434. The third-order valence-electron chi connectivity index (χ3n) is 6.44. The first kappa shape index (κ1) is 20.7. The van der Waals surface area contributed by atoms with Crippen molar-refractivity contribution in [1.82, 2.24) is 15.0 Å². The normalized spacial score (nSPS) is 22.1. The van der Waals surface area contributed by atoms with Crippen LogP contribution in [0.15, 0.2) is 48.5 Å². The highest BCUT2D eigenvalue weighted by atomic mass is 35.5. The standard InChI is InChI=1S/C26H24ClN3O3/c1-14-3-8-18(15(2)11-14)16-4-6-17(7-5-16)23-19(27)12-20-25(29-23)30-26(28-20)33-22-13-32-21-9-10-31-24(21)22/h3-8,11-12,21-22,24H,9-10,13H2,1-2H3,(H,28,29,30)/t21-,22?,24+/m1/s1. The van der Waals surface area contributed by atoms with Gasteiger partial charge in [0.1, 0.15) is 6.10 Å². The van der Waals surface area contributed by atoms with Crippen LogP contribution in [0.5, 0.6) is 6.01 Å². The maximum atomic E-state index is 6.60. The number of rotatable bonds is 4. The molecule has 0 bridgehead atoms. The van der Waals surface area contributed by atoms with Crippen LogP contribution in [0, 0.1) is 13.8 Å². The Morgan fingerprint density at radius 3 is 2.64 bits per heavy atom. The van der Waals surface area contributed by atoms with Crippen molar-refractivity contribution >= 4 is 22.8 Å². The number of nitrogens with zero attached hydrogens (tertiary/aromatic N) is 2. The number of aromatic amines is 1. The largest absolute Gasteiger partial charge is 0.456 e. The Morgan fingerprint density at radius 1 is 1.00 bits per heavy atom. The molecular weight excluding hydrogens is 438 g/mol. The molecule has 2 saturated heterocycles. The number of imidazole rings is 1. The van der Waals surface area contributed by atoms with Crippen LogP contribution in [-0.4, -0.2) is 46.5 Å². The Kier molecular flexibility index (Phi) is 5.09. The van der Waals surface area contributed by atoms with Gasteiger partial charge < -0.3 is 19.2 Å². The van der Waals surface area contributed by atoms with Crippen LogP contribution in [0.2, 0.25) is 5.02 Å². The highest BCUT2D eigenvalue weighted by Gasteiger charge is 2.43. The minimum Gasteiger partial charge on any atom is -0.456 e. The zero-order valence-electron chi connectivity index (χ0n) is 18.5. The van der Waals surface area contributed by atoms with E-state index in [0.29, 0.717) is 35.6 Å². The van der Waals surface area contributed by atoms with Gasteiger partial charge in [-0.2, -0.15) is 4.98 Å². The number of halogens is 1. The monoisotopic (exact) mass is 461 g/mol. The van der Waals surface area contributed by atoms with E-state index < -0.39 is 0 Å². The molecule has 33 heavy (non-hydrogen) atoms. The molecule has 0 spiro atoms. The Morgan fingerprint density at radius 2 is 1.82 bits per heavy atom. The van der Waals surface area contributed by atoms with Gasteiger partial charge in [-0.1, -0.05) is 59.6 Å². The van der Waals surface area contributed by atoms with E-state index in [1.165, 1.54) is 16.7 Å². The van der Waals surface area contributed by atoms with Crippen molar-refractivity contribution in [2.75, 3.05) is 13.2 Å². The fraction of sp³-hybridized carbons (Fsp3) is 0.308. The van der Waals surface area contributed by atoms with Crippen LogP contribution in [0.25, 0.3) is 33.5 Å². The number of ether oxygens (including phenoxy) is 3. The summed E-state index contributed by atoms with van der Waals surface area (Å²) in [6, 6.07) is 17.0. The number of H-pyrrole nitrogens is 1. The Hall–Kier alpha value is -2.93. The number of hydrogen-bond donors (Lipinski definition) is 1.